The Hall–Kier alpha value is -3.34. The van der Waals surface area contributed by atoms with Gasteiger partial charge in [-0.2, -0.15) is 0 Å². The molecule has 2 aromatic carbocycles. The van der Waals surface area contributed by atoms with E-state index in [-0.39, 0.29) is 11.8 Å². The maximum atomic E-state index is 13.0. The summed E-state index contributed by atoms with van der Waals surface area (Å²) in [7, 11) is 0. The molecule has 1 saturated heterocycles. The second kappa shape index (κ2) is 7.48. The van der Waals surface area contributed by atoms with Gasteiger partial charge in [-0.15, -0.1) is 0 Å². The molecule has 2 aliphatic rings. The Morgan fingerprint density at radius 3 is 2.60 bits per heavy atom. The highest BCUT2D eigenvalue weighted by Crippen LogP contribution is 2.35. The summed E-state index contributed by atoms with van der Waals surface area (Å²) in [6.45, 7) is 4.07. The van der Waals surface area contributed by atoms with Gasteiger partial charge in [0.25, 0.3) is 5.91 Å². The number of nitrogens with zero attached hydrogens (tertiary/aromatic N) is 2. The van der Waals surface area contributed by atoms with E-state index in [1.54, 1.807) is 0 Å². The van der Waals surface area contributed by atoms with E-state index < -0.39 is 0 Å². The number of likely N-dealkylation sites (tertiary alicyclic amines) is 1. The van der Waals surface area contributed by atoms with E-state index in [1.807, 2.05) is 54.3 Å². The Balaban J connectivity index is 1.58. The van der Waals surface area contributed by atoms with Crippen LogP contribution in [0.2, 0.25) is 0 Å². The van der Waals surface area contributed by atoms with Gasteiger partial charge in [0.2, 0.25) is 5.91 Å². The van der Waals surface area contributed by atoms with Crippen molar-refractivity contribution in [1.82, 2.24) is 9.47 Å². The van der Waals surface area contributed by atoms with E-state index in [0.717, 1.165) is 59.3 Å². The van der Waals surface area contributed by atoms with Crippen LogP contribution in [0.1, 0.15) is 36.1 Å². The zero-order valence-corrected chi connectivity index (χ0v) is 17.1. The summed E-state index contributed by atoms with van der Waals surface area (Å²) in [5.74, 6) is 0.0820. The summed E-state index contributed by atoms with van der Waals surface area (Å²) in [6, 6.07) is 15.9. The van der Waals surface area contributed by atoms with Crippen molar-refractivity contribution in [3.63, 3.8) is 0 Å². The Morgan fingerprint density at radius 1 is 1.03 bits per heavy atom. The first-order chi connectivity index (χ1) is 14.6. The molecule has 0 unspecified atom stereocenters. The molecule has 30 heavy (non-hydrogen) atoms. The monoisotopic (exact) mass is 399 g/mol. The molecular formula is C25H25N3O2. The van der Waals surface area contributed by atoms with Crippen LogP contribution in [0.3, 0.4) is 0 Å². The van der Waals surface area contributed by atoms with Crippen LogP contribution in [0.15, 0.2) is 48.5 Å². The Bertz CT molecular complexity index is 1180. The molecule has 3 heterocycles. The average Bonchev–Trinajstić information content (AvgIpc) is 3.23. The van der Waals surface area contributed by atoms with Gasteiger partial charge in [0, 0.05) is 52.1 Å². The number of benzene rings is 2. The number of carbonyl (C=O) groups is 2. The van der Waals surface area contributed by atoms with E-state index in [2.05, 4.69) is 22.0 Å². The average molecular weight is 399 g/mol. The van der Waals surface area contributed by atoms with Crippen LogP contribution in [0, 0.1) is 6.92 Å². The van der Waals surface area contributed by atoms with Crippen molar-refractivity contribution < 1.29 is 9.59 Å². The van der Waals surface area contributed by atoms with E-state index in [9.17, 15) is 9.59 Å². The SMILES string of the molecule is Cc1c(C=C2C(=O)Nc3ccccc32)c2ccccc2n1CC(=O)N1CCCCC1. The van der Waals surface area contributed by atoms with Crippen molar-refractivity contribution in [3.05, 3.63) is 65.4 Å². The van der Waals surface area contributed by atoms with E-state index >= 15 is 0 Å². The van der Waals surface area contributed by atoms with Crippen LogP contribution in [-0.2, 0) is 16.1 Å². The van der Waals surface area contributed by atoms with Crippen molar-refractivity contribution in [2.75, 3.05) is 18.4 Å². The highest BCUT2D eigenvalue weighted by molar-refractivity contribution is 6.35. The maximum Gasteiger partial charge on any atom is 0.256 e. The first kappa shape index (κ1) is 18.7. The number of para-hydroxylation sites is 2. The molecule has 0 aliphatic carbocycles. The fourth-order valence-electron chi connectivity index (χ4n) is 4.65. The molecule has 3 aromatic rings. The molecule has 5 heteroatoms. The third-order valence-corrected chi connectivity index (χ3v) is 6.28. The first-order valence-corrected chi connectivity index (χ1v) is 10.6. The largest absolute Gasteiger partial charge is 0.341 e. The fraction of sp³-hybridized carbons (Fsp3) is 0.280. The predicted molar refractivity (Wildman–Crippen MR) is 120 cm³/mol. The number of fused-ring (bicyclic) bond motifs is 2. The van der Waals surface area contributed by atoms with Crippen LogP contribution in [0.25, 0.3) is 22.6 Å². The summed E-state index contributed by atoms with van der Waals surface area (Å²) in [5, 5.41) is 4.00. The smallest absolute Gasteiger partial charge is 0.256 e. The van der Waals surface area contributed by atoms with Gasteiger partial charge in [0.05, 0.1) is 0 Å². The topological polar surface area (TPSA) is 54.3 Å². The quantitative estimate of drug-likeness (QED) is 0.662. The third kappa shape index (κ3) is 3.11. The minimum atomic E-state index is -0.0863. The molecule has 2 amide bonds. The number of hydrogen-bond donors (Lipinski definition) is 1. The normalized spacial score (nSPS) is 17.4. The second-order valence-electron chi connectivity index (χ2n) is 8.10. The summed E-state index contributed by atoms with van der Waals surface area (Å²) >= 11 is 0. The lowest BCUT2D eigenvalue weighted by atomic mass is 10.0. The number of anilines is 1. The molecule has 0 saturated carbocycles. The molecule has 1 N–H and O–H groups in total. The van der Waals surface area contributed by atoms with E-state index in [0.29, 0.717) is 12.1 Å². The Kier molecular flexibility index (Phi) is 4.66. The standard InChI is InChI=1S/C25H25N3O2/c1-17-20(15-21-18-9-3-5-11-22(18)26-25(21)30)19-10-4-6-12-23(19)28(17)16-24(29)27-13-7-2-8-14-27/h3-6,9-12,15H,2,7-8,13-14,16H2,1H3,(H,26,30). The van der Waals surface area contributed by atoms with Crippen molar-refractivity contribution in [3.8, 4) is 0 Å². The summed E-state index contributed by atoms with van der Waals surface area (Å²) < 4.78 is 2.09. The van der Waals surface area contributed by atoms with Crippen LogP contribution < -0.4 is 5.32 Å². The summed E-state index contributed by atoms with van der Waals surface area (Å²) in [4.78, 5) is 27.6. The van der Waals surface area contributed by atoms with Gasteiger partial charge in [-0.05, 0) is 44.4 Å². The number of aromatic nitrogens is 1. The van der Waals surface area contributed by atoms with Gasteiger partial charge in [-0.25, -0.2) is 0 Å². The highest BCUT2D eigenvalue weighted by Gasteiger charge is 2.25. The number of rotatable bonds is 3. The highest BCUT2D eigenvalue weighted by atomic mass is 16.2. The van der Waals surface area contributed by atoms with E-state index in [4.69, 9.17) is 0 Å². The number of hydrogen-bond acceptors (Lipinski definition) is 2. The molecule has 5 nitrogen and oxygen atoms in total. The minimum Gasteiger partial charge on any atom is -0.341 e. The van der Waals surface area contributed by atoms with Gasteiger partial charge in [-0.3, -0.25) is 9.59 Å². The lowest BCUT2D eigenvalue weighted by Gasteiger charge is -2.27. The first-order valence-electron chi connectivity index (χ1n) is 10.6. The number of piperidine rings is 1. The van der Waals surface area contributed by atoms with Gasteiger partial charge < -0.3 is 14.8 Å². The van der Waals surface area contributed by atoms with Crippen molar-refractivity contribution in [1.29, 1.82) is 0 Å². The predicted octanol–water partition coefficient (Wildman–Crippen LogP) is 4.45. The molecule has 2 aliphatic heterocycles. The second-order valence-corrected chi connectivity index (χ2v) is 8.10. The van der Waals surface area contributed by atoms with Gasteiger partial charge in [0.1, 0.15) is 6.54 Å². The zero-order valence-electron chi connectivity index (χ0n) is 17.1. The Labute approximate surface area is 176 Å². The van der Waals surface area contributed by atoms with Gasteiger partial charge >= 0.3 is 0 Å². The molecule has 0 atom stereocenters. The summed E-state index contributed by atoms with van der Waals surface area (Å²) in [6.07, 6.45) is 5.35. The van der Waals surface area contributed by atoms with Crippen LogP contribution in [0.4, 0.5) is 5.69 Å². The molecule has 0 bridgehead atoms. The fourth-order valence-corrected chi connectivity index (χ4v) is 4.65. The molecule has 0 spiro atoms. The molecule has 5 rings (SSSR count). The van der Waals surface area contributed by atoms with Gasteiger partial charge in [0.15, 0.2) is 0 Å². The lowest BCUT2D eigenvalue weighted by Crippen LogP contribution is -2.37. The van der Waals surface area contributed by atoms with Crippen molar-refractivity contribution in [2.24, 2.45) is 0 Å². The molecule has 1 fully saturated rings. The van der Waals surface area contributed by atoms with Crippen molar-refractivity contribution >= 4 is 40.1 Å². The number of carbonyl (C=O) groups excluding carboxylic acids is 2. The molecule has 1 aromatic heterocycles. The Morgan fingerprint density at radius 2 is 1.77 bits per heavy atom. The number of amides is 2. The zero-order chi connectivity index (χ0) is 20.7. The summed E-state index contributed by atoms with van der Waals surface area (Å²) in [5.41, 5.74) is 5.46. The molecule has 152 valence electrons. The van der Waals surface area contributed by atoms with Gasteiger partial charge in [-0.1, -0.05) is 36.4 Å². The van der Waals surface area contributed by atoms with Crippen LogP contribution in [0.5, 0.6) is 0 Å². The molecule has 0 radical (unpaired) electrons. The van der Waals surface area contributed by atoms with Crippen molar-refractivity contribution in [2.45, 2.75) is 32.7 Å². The minimum absolute atomic E-state index is 0.0863. The van der Waals surface area contributed by atoms with Crippen LogP contribution in [-0.4, -0.2) is 34.4 Å². The lowest BCUT2D eigenvalue weighted by molar-refractivity contribution is -0.132. The van der Waals surface area contributed by atoms with E-state index in [1.165, 1.54) is 6.42 Å². The third-order valence-electron chi connectivity index (χ3n) is 6.28. The maximum absolute atomic E-state index is 13.0. The van der Waals surface area contributed by atoms with Crippen LogP contribution >= 0.6 is 0 Å². The molecular weight excluding hydrogens is 374 g/mol. The number of nitrogens with one attached hydrogen (secondary N) is 1.